The molecule has 2 aromatic carbocycles. The second kappa shape index (κ2) is 5.84. The molecule has 1 heterocycles. The third kappa shape index (κ3) is 2.80. The smallest absolute Gasteiger partial charge is 0.271 e. The van der Waals surface area contributed by atoms with Crippen LogP contribution >= 0.6 is 0 Å². The first-order valence-corrected chi connectivity index (χ1v) is 6.93. The van der Waals surface area contributed by atoms with Gasteiger partial charge in [-0.15, -0.1) is 0 Å². The minimum absolute atomic E-state index is 0.0254. The van der Waals surface area contributed by atoms with Crippen LogP contribution in [0.15, 0.2) is 59.4 Å². The predicted molar refractivity (Wildman–Crippen MR) is 87.0 cm³/mol. The number of aromatic amines is 1. The second-order valence-electron chi connectivity index (χ2n) is 5.06. The number of nitrogens with two attached hydrogens (primary N) is 1. The molecular weight excluding hydrogens is 312 g/mol. The molecule has 8 heteroatoms. The van der Waals surface area contributed by atoms with E-state index in [0.29, 0.717) is 22.5 Å². The van der Waals surface area contributed by atoms with E-state index < -0.39 is 10.8 Å². The molecule has 0 saturated carbocycles. The summed E-state index contributed by atoms with van der Waals surface area (Å²) >= 11 is 0. The number of carbonyl (C=O) groups is 1. The Kier molecular flexibility index (Phi) is 3.70. The highest BCUT2D eigenvalue weighted by Crippen LogP contribution is 2.20. The molecule has 0 spiro atoms. The number of benzene rings is 2. The van der Waals surface area contributed by atoms with E-state index in [-0.39, 0.29) is 11.2 Å². The molecule has 0 aliphatic rings. The first-order valence-electron chi connectivity index (χ1n) is 6.93. The molecule has 1 amide bonds. The van der Waals surface area contributed by atoms with E-state index in [1.165, 1.54) is 35.0 Å². The van der Waals surface area contributed by atoms with Crippen molar-refractivity contribution in [1.82, 2.24) is 9.78 Å². The van der Waals surface area contributed by atoms with Crippen LogP contribution in [0.25, 0.3) is 16.9 Å². The Morgan fingerprint density at radius 2 is 1.71 bits per heavy atom. The summed E-state index contributed by atoms with van der Waals surface area (Å²) in [7, 11) is 0. The van der Waals surface area contributed by atoms with E-state index in [9.17, 15) is 19.7 Å². The number of primary amides is 1. The highest BCUT2D eigenvalue weighted by atomic mass is 16.6. The van der Waals surface area contributed by atoms with Gasteiger partial charge >= 0.3 is 0 Å². The number of non-ortho nitro benzene ring substituents is 1. The molecule has 8 nitrogen and oxygen atoms in total. The van der Waals surface area contributed by atoms with Gasteiger partial charge in [-0.1, -0.05) is 0 Å². The summed E-state index contributed by atoms with van der Waals surface area (Å²) in [6.07, 6.45) is 0. The van der Waals surface area contributed by atoms with E-state index in [1.807, 2.05) is 0 Å². The van der Waals surface area contributed by atoms with Gasteiger partial charge in [0, 0.05) is 29.3 Å². The van der Waals surface area contributed by atoms with Crippen molar-refractivity contribution in [2.45, 2.75) is 0 Å². The minimum Gasteiger partial charge on any atom is -0.366 e. The number of H-pyrrole nitrogens is 1. The fourth-order valence-electron chi connectivity index (χ4n) is 2.27. The number of nitrogens with one attached hydrogen (secondary N) is 1. The van der Waals surface area contributed by atoms with Gasteiger partial charge in [-0.3, -0.25) is 24.8 Å². The Morgan fingerprint density at radius 3 is 2.25 bits per heavy atom. The third-order valence-electron chi connectivity index (χ3n) is 3.52. The van der Waals surface area contributed by atoms with Crippen molar-refractivity contribution in [3.63, 3.8) is 0 Å². The Morgan fingerprint density at radius 1 is 1.08 bits per heavy atom. The van der Waals surface area contributed by atoms with Crippen LogP contribution in [-0.4, -0.2) is 20.6 Å². The van der Waals surface area contributed by atoms with Crippen LogP contribution in [0.2, 0.25) is 0 Å². The molecular formula is C16H12N4O4. The average Bonchev–Trinajstić information content (AvgIpc) is 2.97. The van der Waals surface area contributed by atoms with Gasteiger partial charge in [-0.2, -0.15) is 0 Å². The lowest BCUT2D eigenvalue weighted by Gasteiger charge is -2.03. The van der Waals surface area contributed by atoms with Crippen molar-refractivity contribution in [3.8, 4) is 16.9 Å². The summed E-state index contributed by atoms with van der Waals surface area (Å²) in [6, 6.07) is 13.5. The van der Waals surface area contributed by atoms with Crippen LogP contribution in [-0.2, 0) is 0 Å². The van der Waals surface area contributed by atoms with Gasteiger partial charge in [0.15, 0.2) is 0 Å². The largest absolute Gasteiger partial charge is 0.366 e. The molecule has 1 aromatic heterocycles. The number of amides is 1. The van der Waals surface area contributed by atoms with Crippen LogP contribution in [0.1, 0.15) is 10.4 Å². The SMILES string of the molecule is NC(=O)c1ccc(-n2[nH]c(-c3ccc([N+](=O)[O-])cc3)cc2=O)cc1. The summed E-state index contributed by atoms with van der Waals surface area (Å²) in [5, 5.41) is 13.6. The van der Waals surface area contributed by atoms with Crippen molar-refractivity contribution in [3.05, 3.63) is 80.6 Å². The van der Waals surface area contributed by atoms with Gasteiger partial charge in [0.1, 0.15) is 0 Å². The van der Waals surface area contributed by atoms with E-state index in [4.69, 9.17) is 5.73 Å². The Hall–Kier alpha value is -3.68. The van der Waals surface area contributed by atoms with E-state index >= 15 is 0 Å². The number of nitro groups is 1. The van der Waals surface area contributed by atoms with Crippen molar-refractivity contribution in [2.75, 3.05) is 0 Å². The zero-order valence-corrected chi connectivity index (χ0v) is 12.3. The molecule has 0 saturated heterocycles. The zero-order valence-electron chi connectivity index (χ0n) is 12.3. The number of aromatic nitrogens is 2. The first kappa shape index (κ1) is 15.2. The normalized spacial score (nSPS) is 10.5. The maximum absolute atomic E-state index is 12.1. The summed E-state index contributed by atoms with van der Waals surface area (Å²) in [5.74, 6) is -0.549. The third-order valence-corrected chi connectivity index (χ3v) is 3.52. The zero-order chi connectivity index (χ0) is 17.3. The number of hydrogen-bond donors (Lipinski definition) is 2. The fourth-order valence-corrected chi connectivity index (χ4v) is 2.27. The van der Waals surface area contributed by atoms with Gasteiger partial charge in [0.2, 0.25) is 5.91 Å². The number of nitro benzene ring substituents is 1. The van der Waals surface area contributed by atoms with E-state index in [0.717, 1.165) is 0 Å². The van der Waals surface area contributed by atoms with Crippen molar-refractivity contribution in [2.24, 2.45) is 5.73 Å². The van der Waals surface area contributed by atoms with Crippen LogP contribution < -0.4 is 11.3 Å². The van der Waals surface area contributed by atoms with Gasteiger partial charge in [-0.05, 0) is 36.4 Å². The average molecular weight is 324 g/mol. The molecule has 0 aliphatic carbocycles. The van der Waals surface area contributed by atoms with Crippen molar-refractivity contribution >= 4 is 11.6 Å². The molecule has 0 bridgehead atoms. The molecule has 0 fully saturated rings. The number of hydrogen-bond acceptors (Lipinski definition) is 4. The first-order chi connectivity index (χ1) is 11.5. The van der Waals surface area contributed by atoms with Gasteiger partial charge in [0.25, 0.3) is 11.2 Å². The molecule has 3 aromatic rings. The summed E-state index contributed by atoms with van der Waals surface area (Å²) < 4.78 is 1.31. The Balaban J connectivity index is 1.96. The van der Waals surface area contributed by atoms with Crippen molar-refractivity contribution < 1.29 is 9.72 Å². The number of nitrogens with zero attached hydrogens (tertiary/aromatic N) is 2. The molecule has 0 aliphatic heterocycles. The number of carbonyl (C=O) groups excluding carboxylic acids is 1. The highest BCUT2D eigenvalue weighted by Gasteiger charge is 2.10. The van der Waals surface area contributed by atoms with Gasteiger partial charge < -0.3 is 5.73 Å². The fraction of sp³-hybridized carbons (Fsp3) is 0. The highest BCUT2D eigenvalue weighted by molar-refractivity contribution is 5.92. The van der Waals surface area contributed by atoms with Gasteiger partial charge in [-0.25, -0.2) is 4.68 Å². The van der Waals surface area contributed by atoms with Crippen molar-refractivity contribution in [1.29, 1.82) is 0 Å². The molecule has 3 N–H and O–H groups in total. The molecule has 0 atom stereocenters. The number of rotatable bonds is 4. The lowest BCUT2D eigenvalue weighted by Crippen LogP contribution is -2.14. The summed E-state index contributed by atoms with van der Waals surface area (Å²) in [6.45, 7) is 0. The van der Waals surface area contributed by atoms with E-state index in [2.05, 4.69) is 5.10 Å². The predicted octanol–water partition coefficient (Wildman–Crippen LogP) is 1.84. The maximum Gasteiger partial charge on any atom is 0.271 e. The van der Waals surface area contributed by atoms with Gasteiger partial charge in [0.05, 0.1) is 16.3 Å². The molecule has 0 radical (unpaired) electrons. The molecule has 24 heavy (non-hydrogen) atoms. The second-order valence-corrected chi connectivity index (χ2v) is 5.06. The van der Waals surface area contributed by atoms with Crippen LogP contribution in [0.3, 0.4) is 0 Å². The quantitative estimate of drug-likeness (QED) is 0.561. The summed E-state index contributed by atoms with van der Waals surface area (Å²) in [4.78, 5) is 33.4. The van der Waals surface area contributed by atoms with Crippen LogP contribution in [0, 0.1) is 10.1 Å². The molecule has 3 rings (SSSR count). The lowest BCUT2D eigenvalue weighted by molar-refractivity contribution is -0.384. The lowest BCUT2D eigenvalue weighted by atomic mass is 10.1. The maximum atomic E-state index is 12.1. The monoisotopic (exact) mass is 324 g/mol. The Labute approximate surface area is 135 Å². The van der Waals surface area contributed by atoms with Crippen LogP contribution in [0.4, 0.5) is 5.69 Å². The molecule has 120 valence electrons. The topological polar surface area (TPSA) is 124 Å². The minimum atomic E-state index is -0.549. The summed E-state index contributed by atoms with van der Waals surface area (Å²) in [5.41, 5.74) is 6.91. The van der Waals surface area contributed by atoms with Crippen LogP contribution in [0.5, 0.6) is 0 Å². The Bertz CT molecular complexity index is 969. The molecule has 0 unspecified atom stereocenters. The van der Waals surface area contributed by atoms with E-state index in [1.54, 1.807) is 24.3 Å². The standard InChI is InChI=1S/C16H12N4O4/c17-16(22)11-3-5-12(6-4-11)19-15(21)9-14(18-19)10-1-7-13(8-2-10)20(23)24/h1-9,18H,(H2,17,22).